The van der Waals surface area contributed by atoms with Gasteiger partial charge in [-0.25, -0.2) is 0 Å². The second kappa shape index (κ2) is 5.64. The molecule has 2 rings (SSSR count). The van der Waals surface area contributed by atoms with Crippen LogP contribution in [0.15, 0.2) is 37.0 Å². The lowest BCUT2D eigenvalue weighted by atomic mass is 9.46. The van der Waals surface area contributed by atoms with Gasteiger partial charge in [0.2, 0.25) is 0 Å². The first-order valence-electron chi connectivity index (χ1n) is 8.18. The fraction of sp³-hybridized carbons (Fsp3) is 0.600. The zero-order valence-corrected chi connectivity index (χ0v) is 14.2. The molecule has 0 heterocycles. The average Bonchev–Trinajstić information content (AvgIpc) is 2.42. The molecule has 22 heavy (non-hydrogen) atoms. The van der Waals surface area contributed by atoms with Crippen LogP contribution in [0.3, 0.4) is 0 Å². The quantitative estimate of drug-likeness (QED) is 0.558. The van der Waals surface area contributed by atoms with Gasteiger partial charge in [0.15, 0.2) is 0 Å². The number of carbonyl (C=O) groups is 2. The Morgan fingerprint density at radius 3 is 2.55 bits per heavy atom. The van der Waals surface area contributed by atoms with E-state index in [2.05, 4.69) is 40.5 Å². The van der Waals surface area contributed by atoms with Crippen LogP contribution in [0.4, 0.5) is 0 Å². The van der Waals surface area contributed by atoms with E-state index in [1.165, 1.54) is 0 Å². The number of ketones is 2. The summed E-state index contributed by atoms with van der Waals surface area (Å²) in [5.74, 6) is 0.615. The summed E-state index contributed by atoms with van der Waals surface area (Å²) in [5, 5.41) is 0. The summed E-state index contributed by atoms with van der Waals surface area (Å²) in [4.78, 5) is 25.2. The Bertz CT molecular complexity index is 552. The Kier molecular flexibility index (Phi) is 4.34. The zero-order chi connectivity index (χ0) is 16.7. The summed E-state index contributed by atoms with van der Waals surface area (Å²) in [5.41, 5.74) is 1.29. The van der Waals surface area contributed by atoms with Crippen LogP contribution >= 0.6 is 0 Å². The first-order valence-corrected chi connectivity index (χ1v) is 8.18. The second-order valence-electron chi connectivity index (χ2n) is 7.84. The lowest BCUT2D eigenvalue weighted by Gasteiger charge is -2.56. The van der Waals surface area contributed by atoms with Crippen molar-refractivity contribution < 1.29 is 9.59 Å². The smallest absolute Gasteiger partial charge is 0.144 e. The first kappa shape index (κ1) is 16.9. The molecule has 2 nitrogen and oxygen atoms in total. The van der Waals surface area contributed by atoms with Gasteiger partial charge in [0, 0.05) is 24.2 Å². The molecule has 0 N–H and O–H groups in total. The molecular weight excluding hydrogens is 272 g/mol. The van der Waals surface area contributed by atoms with Gasteiger partial charge in [-0.1, -0.05) is 52.2 Å². The number of hydrogen-bond acceptors (Lipinski definition) is 2. The van der Waals surface area contributed by atoms with Gasteiger partial charge in [-0.15, -0.1) is 0 Å². The molecule has 0 spiro atoms. The van der Waals surface area contributed by atoms with Crippen LogP contribution in [0.2, 0.25) is 0 Å². The third-order valence-corrected chi connectivity index (χ3v) is 6.11. The first-order chi connectivity index (χ1) is 10.1. The van der Waals surface area contributed by atoms with Crippen LogP contribution in [0.5, 0.6) is 0 Å². The standard InChI is InChI=1S/C20H28O2/c1-7-13(2)12-15(21)18-14(3)8-9-16-19(4,5)17(22)10-11-20(16,18)6/h7,16,18H,1-3,8-12H2,4-6H3/t16-,18+,20-/m0/s1. The van der Waals surface area contributed by atoms with E-state index in [-0.39, 0.29) is 28.4 Å². The van der Waals surface area contributed by atoms with E-state index in [4.69, 9.17) is 0 Å². The van der Waals surface area contributed by atoms with Crippen LogP contribution in [0.1, 0.15) is 52.9 Å². The maximum absolute atomic E-state index is 12.9. The molecule has 0 radical (unpaired) electrons. The van der Waals surface area contributed by atoms with E-state index in [0.717, 1.165) is 30.4 Å². The van der Waals surface area contributed by atoms with E-state index in [1.54, 1.807) is 6.08 Å². The molecule has 0 aromatic carbocycles. The summed E-state index contributed by atoms with van der Waals surface area (Å²) < 4.78 is 0. The van der Waals surface area contributed by atoms with Crippen LogP contribution in [-0.2, 0) is 9.59 Å². The van der Waals surface area contributed by atoms with Crippen molar-refractivity contribution in [3.8, 4) is 0 Å². The number of hydrogen-bond donors (Lipinski definition) is 0. The van der Waals surface area contributed by atoms with E-state index >= 15 is 0 Å². The Morgan fingerprint density at radius 1 is 1.32 bits per heavy atom. The maximum atomic E-state index is 12.9. The fourth-order valence-electron chi connectivity index (χ4n) is 4.87. The largest absolute Gasteiger partial charge is 0.299 e. The predicted octanol–water partition coefficient (Wildman–Crippen LogP) is 4.67. The lowest BCUT2D eigenvalue weighted by molar-refractivity contribution is -0.149. The van der Waals surface area contributed by atoms with Crippen molar-refractivity contribution in [2.45, 2.75) is 52.9 Å². The van der Waals surface area contributed by atoms with Crippen molar-refractivity contribution in [3.05, 3.63) is 37.0 Å². The monoisotopic (exact) mass is 300 g/mol. The predicted molar refractivity (Wildman–Crippen MR) is 90.4 cm³/mol. The Labute approximate surface area is 134 Å². The normalized spacial score (nSPS) is 34.0. The van der Waals surface area contributed by atoms with Crippen molar-refractivity contribution in [3.63, 3.8) is 0 Å². The van der Waals surface area contributed by atoms with Gasteiger partial charge in [0.25, 0.3) is 0 Å². The molecule has 2 heteroatoms. The molecule has 120 valence electrons. The minimum Gasteiger partial charge on any atom is -0.299 e. The lowest BCUT2D eigenvalue weighted by Crippen LogP contribution is -2.54. The van der Waals surface area contributed by atoms with E-state index in [9.17, 15) is 9.59 Å². The number of rotatable bonds is 4. The highest BCUT2D eigenvalue weighted by Gasteiger charge is 2.57. The molecule has 0 aromatic rings. The van der Waals surface area contributed by atoms with Crippen molar-refractivity contribution in [1.82, 2.24) is 0 Å². The van der Waals surface area contributed by atoms with E-state index in [0.29, 0.717) is 18.6 Å². The van der Waals surface area contributed by atoms with Crippen molar-refractivity contribution in [2.75, 3.05) is 0 Å². The molecular formula is C20H28O2. The molecule has 2 saturated carbocycles. The van der Waals surface area contributed by atoms with Gasteiger partial charge >= 0.3 is 0 Å². The van der Waals surface area contributed by atoms with Gasteiger partial charge < -0.3 is 0 Å². The van der Waals surface area contributed by atoms with Crippen LogP contribution in [0, 0.1) is 22.7 Å². The third kappa shape index (κ3) is 2.53. The SMILES string of the molecule is C=CC(=C)CC(=O)[C@H]1C(=C)CC[C@H]2C(C)(C)C(=O)CC[C@]12C. The topological polar surface area (TPSA) is 34.1 Å². The van der Waals surface area contributed by atoms with Crippen molar-refractivity contribution in [1.29, 1.82) is 0 Å². The molecule has 0 aliphatic heterocycles. The number of Topliss-reactive ketones (excluding diaryl/α,β-unsaturated/α-hetero) is 2. The number of carbonyl (C=O) groups excluding carboxylic acids is 2. The zero-order valence-electron chi connectivity index (χ0n) is 14.2. The van der Waals surface area contributed by atoms with Crippen molar-refractivity contribution >= 4 is 11.6 Å². The molecule has 2 aliphatic rings. The molecule has 0 bridgehead atoms. The van der Waals surface area contributed by atoms with Gasteiger partial charge in [-0.3, -0.25) is 9.59 Å². The highest BCUT2D eigenvalue weighted by atomic mass is 16.1. The summed E-state index contributed by atoms with van der Waals surface area (Å²) >= 11 is 0. The van der Waals surface area contributed by atoms with Gasteiger partial charge in [0.05, 0.1) is 0 Å². The highest BCUT2D eigenvalue weighted by molar-refractivity contribution is 5.89. The second-order valence-corrected chi connectivity index (χ2v) is 7.84. The van der Waals surface area contributed by atoms with E-state index < -0.39 is 0 Å². The molecule has 2 fully saturated rings. The van der Waals surface area contributed by atoms with Gasteiger partial charge in [0.1, 0.15) is 11.6 Å². The Hall–Kier alpha value is -1.44. The summed E-state index contributed by atoms with van der Waals surface area (Å²) in [6, 6.07) is 0. The van der Waals surface area contributed by atoms with Crippen LogP contribution in [-0.4, -0.2) is 11.6 Å². The van der Waals surface area contributed by atoms with E-state index in [1.807, 2.05) is 0 Å². The highest BCUT2D eigenvalue weighted by Crippen LogP contribution is 2.60. The molecule has 0 aromatic heterocycles. The minimum absolute atomic E-state index is 0.157. The fourth-order valence-corrected chi connectivity index (χ4v) is 4.87. The average molecular weight is 300 g/mol. The maximum Gasteiger partial charge on any atom is 0.144 e. The summed E-state index contributed by atoms with van der Waals surface area (Å²) in [7, 11) is 0. The molecule has 0 amide bonds. The molecule has 0 saturated heterocycles. The summed E-state index contributed by atoms with van der Waals surface area (Å²) in [6.07, 6.45) is 5.14. The molecule has 0 unspecified atom stereocenters. The summed E-state index contributed by atoms with van der Waals surface area (Å²) in [6.45, 7) is 18.1. The van der Waals surface area contributed by atoms with Gasteiger partial charge in [-0.2, -0.15) is 0 Å². The Morgan fingerprint density at radius 2 is 1.95 bits per heavy atom. The number of allylic oxidation sites excluding steroid dienone is 3. The van der Waals surface area contributed by atoms with Crippen LogP contribution < -0.4 is 0 Å². The van der Waals surface area contributed by atoms with Gasteiger partial charge in [-0.05, 0) is 36.2 Å². The third-order valence-electron chi connectivity index (χ3n) is 6.11. The molecule has 3 atom stereocenters. The van der Waals surface area contributed by atoms with Crippen LogP contribution in [0.25, 0.3) is 0 Å². The van der Waals surface area contributed by atoms with Crippen molar-refractivity contribution in [2.24, 2.45) is 22.7 Å². The minimum atomic E-state index is -0.346. The Balaban J connectivity index is 2.38. The molecule has 2 aliphatic carbocycles. The number of fused-ring (bicyclic) bond motifs is 1.